The molecule has 0 unspecified atom stereocenters. The Morgan fingerprint density at radius 3 is 2.68 bits per heavy atom. The molecule has 1 amide bonds. The summed E-state index contributed by atoms with van der Waals surface area (Å²) in [6, 6.07) is 7.04. The molecule has 6 nitrogen and oxygen atoms in total. The maximum Gasteiger partial charge on any atom is 0.420 e. The van der Waals surface area contributed by atoms with Gasteiger partial charge in [-0.1, -0.05) is 11.8 Å². The van der Waals surface area contributed by atoms with Crippen LogP contribution in [0, 0.1) is 5.82 Å². The van der Waals surface area contributed by atoms with E-state index < -0.39 is 23.1 Å². The summed E-state index contributed by atoms with van der Waals surface area (Å²) in [5.41, 5.74) is -1.53. The van der Waals surface area contributed by atoms with Crippen LogP contribution in [-0.4, -0.2) is 22.3 Å². The molecule has 0 saturated heterocycles. The van der Waals surface area contributed by atoms with E-state index in [0.717, 1.165) is 11.0 Å². The van der Waals surface area contributed by atoms with E-state index in [1.54, 1.807) is 46.8 Å². The van der Waals surface area contributed by atoms with Gasteiger partial charge >= 0.3 is 6.09 Å². The number of ether oxygens (including phenoxy) is 2. The third-order valence-electron chi connectivity index (χ3n) is 4.01. The van der Waals surface area contributed by atoms with E-state index in [0.29, 0.717) is 5.56 Å². The standard InChI is InChI=1S/C21H23FN2O4/c1-20(2,3)28-19(26)24-15-12-14(22)8-9-16(15)27-21(4,5)17(25)11-13-7-6-10-23-18(13)24/h6-12,25H,1-5H3/p-1/b17-11+. The molecular weight excluding hydrogens is 363 g/mol. The van der Waals surface area contributed by atoms with Gasteiger partial charge in [-0.15, -0.1) is 0 Å². The van der Waals surface area contributed by atoms with Crippen molar-refractivity contribution in [3.05, 3.63) is 53.7 Å². The highest BCUT2D eigenvalue weighted by Gasteiger charge is 2.32. The van der Waals surface area contributed by atoms with E-state index in [1.807, 2.05) is 0 Å². The van der Waals surface area contributed by atoms with Gasteiger partial charge in [0.1, 0.15) is 28.6 Å². The second-order valence-electron chi connectivity index (χ2n) is 7.96. The third kappa shape index (κ3) is 3.93. The van der Waals surface area contributed by atoms with Gasteiger partial charge in [-0.3, -0.25) is 0 Å². The van der Waals surface area contributed by atoms with Crippen molar-refractivity contribution >= 4 is 23.7 Å². The Hall–Kier alpha value is -3.09. The van der Waals surface area contributed by atoms with Gasteiger partial charge in [0, 0.05) is 17.8 Å². The molecule has 1 aromatic heterocycles. The first-order chi connectivity index (χ1) is 13.0. The summed E-state index contributed by atoms with van der Waals surface area (Å²) >= 11 is 0. The zero-order chi connectivity index (χ0) is 20.7. The molecule has 28 heavy (non-hydrogen) atoms. The number of fused-ring (bicyclic) bond motifs is 2. The average Bonchev–Trinajstić information content (AvgIpc) is 2.59. The maximum absolute atomic E-state index is 14.1. The van der Waals surface area contributed by atoms with Crippen molar-refractivity contribution in [1.82, 2.24) is 4.98 Å². The lowest BCUT2D eigenvalue weighted by Crippen LogP contribution is -2.37. The predicted molar refractivity (Wildman–Crippen MR) is 102 cm³/mol. The summed E-state index contributed by atoms with van der Waals surface area (Å²) in [4.78, 5) is 18.5. The molecule has 1 aliphatic heterocycles. The Morgan fingerprint density at radius 1 is 1.29 bits per heavy atom. The number of pyridine rings is 1. The molecular formula is C21H22FN2O4-. The smallest absolute Gasteiger partial charge is 0.420 e. The lowest BCUT2D eigenvalue weighted by atomic mass is 10.0. The molecule has 2 heterocycles. The first-order valence-electron chi connectivity index (χ1n) is 8.84. The molecule has 0 N–H and O–H groups in total. The lowest BCUT2D eigenvalue weighted by molar-refractivity contribution is -0.325. The van der Waals surface area contributed by atoms with Crippen LogP contribution in [0.1, 0.15) is 40.2 Å². The zero-order valence-corrected chi connectivity index (χ0v) is 16.4. The van der Waals surface area contributed by atoms with Gasteiger partial charge in [-0.25, -0.2) is 19.1 Å². The van der Waals surface area contributed by atoms with Gasteiger partial charge in [0.05, 0.1) is 5.69 Å². The van der Waals surface area contributed by atoms with Crippen LogP contribution >= 0.6 is 0 Å². The highest BCUT2D eigenvalue weighted by Crippen LogP contribution is 2.40. The number of rotatable bonds is 0. The maximum atomic E-state index is 14.1. The summed E-state index contributed by atoms with van der Waals surface area (Å²) in [5.74, 6) is -0.570. The number of amides is 1. The summed E-state index contributed by atoms with van der Waals surface area (Å²) in [5, 5.41) is 12.8. The number of anilines is 2. The average molecular weight is 385 g/mol. The van der Waals surface area contributed by atoms with Crippen LogP contribution in [0.4, 0.5) is 20.7 Å². The third-order valence-corrected chi connectivity index (χ3v) is 4.01. The monoisotopic (exact) mass is 385 g/mol. The van der Waals surface area contributed by atoms with Crippen LogP contribution in [0.2, 0.25) is 0 Å². The van der Waals surface area contributed by atoms with E-state index >= 15 is 0 Å². The van der Waals surface area contributed by atoms with E-state index in [1.165, 1.54) is 24.4 Å². The fourth-order valence-electron chi connectivity index (χ4n) is 2.71. The van der Waals surface area contributed by atoms with Crippen LogP contribution in [0.5, 0.6) is 5.75 Å². The zero-order valence-electron chi connectivity index (χ0n) is 16.4. The number of carbonyl (C=O) groups excluding carboxylic acids is 1. The number of hydrogen-bond donors (Lipinski definition) is 0. The minimum atomic E-state index is -1.23. The number of nitrogens with zero attached hydrogens (tertiary/aromatic N) is 2. The number of benzene rings is 1. The van der Waals surface area contributed by atoms with E-state index in [-0.39, 0.29) is 23.0 Å². The molecule has 0 bridgehead atoms. The van der Waals surface area contributed by atoms with Crippen molar-refractivity contribution in [1.29, 1.82) is 0 Å². The molecule has 0 radical (unpaired) electrons. The highest BCUT2D eigenvalue weighted by molar-refractivity contribution is 5.99. The minimum absolute atomic E-state index is 0.102. The van der Waals surface area contributed by atoms with Gasteiger partial charge in [0.25, 0.3) is 0 Å². The molecule has 7 heteroatoms. The summed E-state index contributed by atoms with van der Waals surface area (Å²) in [6.07, 6.45) is 2.09. The molecule has 1 aliphatic rings. The number of halogens is 1. The summed E-state index contributed by atoms with van der Waals surface area (Å²) < 4.78 is 25.5. The van der Waals surface area contributed by atoms with Crippen LogP contribution in [0.25, 0.3) is 6.08 Å². The van der Waals surface area contributed by atoms with Gasteiger partial charge in [-0.05, 0) is 58.9 Å². The Morgan fingerprint density at radius 2 is 2.00 bits per heavy atom. The predicted octanol–water partition coefficient (Wildman–Crippen LogP) is 4.17. The van der Waals surface area contributed by atoms with E-state index in [9.17, 15) is 14.3 Å². The fourth-order valence-corrected chi connectivity index (χ4v) is 2.71. The molecule has 2 aromatic rings. The second-order valence-corrected chi connectivity index (χ2v) is 7.96. The van der Waals surface area contributed by atoms with Gasteiger partial charge < -0.3 is 14.6 Å². The lowest BCUT2D eigenvalue weighted by Gasteiger charge is -2.34. The Bertz CT molecular complexity index is 948. The summed E-state index contributed by atoms with van der Waals surface area (Å²) in [6.45, 7) is 8.39. The Labute approximate surface area is 163 Å². The number of carbonyl (C=O) groups is 1. The van der Waals surface area contributed by atoms with Gasteiger partial charge in [0.15, 0.2) is 0 Å². The highest BCUT2D eigenvalue weighted by atomic mass is 19.1. The molecule has 148 valence electrons. The van der Waals surface area contributed by atoms with Crippen molar-refractivity contribution in [2.45, 2.75) is 45.8 Å². The molecule has 0 saturated carbocycles. The molecule has 0 fully saturated rings. The Balaban J connectivity index is 2.31. The van der Waals surface area contributed by atoms with Crippen molar-refractivity contribution in [2.24, 2.45) is 0 Å². The van der Waals surface area contributed by atoms with Crippen molar-refractivity contribution < 1.29 is 23.8 Å². The van der Waals surface area contributed by atoms with Crippen LogP contribution in [-0.2, 0) is 4.74 Å². The molecule has 3 rings (SSSR count). The number of aromatic nitrogens is 1. The van der Waals surface area contributed by atoms with Gasteiger partial charge in [-0.2, -0.15) is 0 Å². The normalized spacial score (nSPS) is 17.6. The first-order valence-corrected chi connectivity index (χ1v) is 8.84. The minimum Gasteiger partial charge on any atom is -0.873 e. The largest absolute Gasteiger partial charge is 0.873 e. The Kier molecular flexibility index (Phi) is 4.79. The second kappa shape index (κ2) is 6.82. The molecule has 0 atom stereocenters. The van der Waals surface area contributed by atoms with E-state index in [2.05, 4.69) is 4.98 Å². The van der Waals surface area contributed by atoms with Crippen molar-refractivity contribution in [3.8, 4) is 5.75 Å². The van der Waals surface area contributed by atoms with Crippen molar-refractivity contribution in [3.63, 3.8) is 0 Å². The van der Waals surface area contributed by atoms with Gasteiger partial charge in [0.2, 0.25) is 0 Å². The fraction of sp³-hybridized carbons (Fsp3) is 0.333. The molecule has 1 aromatic carbocycles. The van der Waals surface area contributed by atoms with Crippen LogP contribution in [0.3, 0.4) is 0 Å². The quantitative estimate of drug-likeness (QED) is 0.681. The topological polar surface area (TPSA) is 74.7 Å². The summed E-state index contributed by atoms with van der Waals surface area (Å²) in [7, 11) is 0. The number of hydrogen-bond acceptors (Lipinski definition) is 5. The van der Waals surface area contributed by atoms with E-state index in [4.69, 9.17) is 9.47 Å². The molecule has 0 aliphatic carbocycles. The van der Waals surface area contributed by atoms with Crippen LogP contribution < -0.4 is 14.7 Å². The first kappa shape index (κ1) is 19.7. The van der Waals surface area contributed by atoms with Crippen molar-refractivity contribution in [2.75, 3.05) is 4.90 Å². The SMILES string of the molecule is CC(C)(C)OC(=O)N1c2cc(F)ccc2OC(C)(C)/C([O-])=C\c2cccnc21. The molecule has 0 spiro atoms. The van der Waals surface area contributed by atoms with Crippen LogP contribution in [0.15, 0.2) is 42.3 Å².